The van der Waals surface area contributed by atoms with E-state index in [1.165, 1.54) is 49.5 Å². The highest BCUT2D eigenvalue weighted by molar-refractivity contribution is 6.26. The quantitative estimate of drug-likeness (QED) is 0.122. The van der Waals surface area contributed by atoms with Crippen LogP contribution >= 0.6 is 0 Å². The van der Waals surface area contributed by atoms with E-state index in [1.807, 2.05) is 26.8 Å². The van der Waals surface area contributed by atoms with E-state index in [4.69, 9.17) is 33.1 Å². The monoisotopic (exact) mass is 980 g/mol. The SMILES string of the molecule is CO[C@H]1/C=C\O[C@@]2(C)Oc3c(C)c(OC(=O)C(C)(C)C)c4c(c(O)c(N5CCN(Cc6c(C)cc(C)cc6C)CC5)c5nc(oc54)C(C)=C/C=C\[C@H](C)[C@H](O)[C@@H](C)[C@@H](O)[C@@H](C)[C@H](OC(C)=O)[C@@H]1C)c3C2=O. The molecule has 1 saturated heterocycles. The van der Waals surface area contributed by atoms with Gasteiger partial charge in [0.05, 0.1) is 40.9 Å². The Kier molecular flexibility index (Phi) is 15.3. The number of aliphatic hydroxyl groups is 2. The molecule has 1 fully saturated rings. The minimum absolute atomic E-state index is 0.0103. The van der Waals surface area contributed by atoms with Crippen molar-refractivity contribution < 1.29 is 57.8 Å². The number of anilines is 1. The third kappa shape index (κ3) is 10.2. The highest BCUT2D eigenvalue weighted by Gasteiger charge is 2.50. The summed E-state index contributed by atoms with van der Waals surface area (Å²) in [5.41, 5.74) is 5.76. The van der Waals surface area contributed by atoms with Crippen molar-refractivity contribution in [2.75, 3.05) is 38.2 Å². The van der Waals surface area contributed by atoms with Crippen molar-refractivity contribution in [2.45, 2.75) is 134 Å². The number of aromatic nitrogens is 1. The molecule has 0 amide bonds. The fourth-order valence-electron chi connectivity index (χ4n) is 10.4. The molecular weight excluding hydrogens is 907 g/mol. The van der Waals surface area contributed by atoms with Crippen molar-refractivity contribution in [3.63, 3.8) is 0 Å². The van der Waals surface area contributed by atoms with Crippen molar-refractivity contribution in [2.24, 2.45) is 29.1 Å². The molecule has 3 aliphatic heterocycles. The maximum atomic E-state index is 15.2. The number of phenolic OH excluding ortho intramolecular Hbond substituents is 1. The summed E-state index contributed by atoms with van der Waals surface area (Å²) in [6.45, 7) is 28.1. The first-order valence-corrected chi connectivity index (χ1v) is 24.7. The predicted octanol–water partition coefficient (Wildman–Crippen LogP) is 9.20. The van der Waals surface area contributed by atoms with Crippen LogP contribution in [0.15, 0.2) is 47.1 Å². The number of piperazine rings is 1. The normalized spacial score (nSPS) is 27.8. The molecule has 0 saturated carbocycles. The lowest BCUT2D eigenvalue weighted by Gasteiger charge is -2.38. The number of hydrogen-bond donors (Lipinski definition) is 3. The number of ether oxygens (including phenoxy) is 5. The molecule has 0 aliphatic carbocycles. The van der Waals surface area contributed by atoms with E-state index in [0.717, 1.165) is 6.54 Å². The van der Waals surface area contributed by atoms with Crippen LogP contribution in [0.4, 0.5) is 5.69 Å². The Morgan fingerprint density at radius 3 is 2.17 bits per heavy atom. The number of ketones is 1. The summed E-state index contributed by atoms with van der Waals surface area (Å²) in [6, 6.07) is 4.41. The summed E-state index contributed by atoms with van der Waals surface area (Å²) in [6.07, 6.45) is 4.52. The van der Waals surface area contributed by atoms with E-state index in [0.29, 0.717) is 48.5 Å². The van der Waals surface area contributed by atoms with Crippen molar-refractivity contribution >= 4 is 50.9 Å². The summed E-state index contributed by atoms with van der Waals surface area (Å²) in [5, 5.41) is 36.5. The van der Waals surface area contributed by atoms with Crippen LogP contribution < -0.4 is 14.4 Å². The standard InChI is InChI=1S/C56H73N3O12/c1-28-25-31(4)38(32(5)26-28)27-58-20-22-59(23-21-58)44-43-51-41-40(47(44)63)42-50(36(9)49(41)70-54(65)55(11,12)13)71-56(14,52(42)64)67-24-19-39(66-15)33(6)48(68-37(10)60)35(8)46(62)34(7)45(61)29(2)17-16-18-30(3)53(57-43)69-51/h16-19,24-26,29,33-35,39,45-46,48,61-63H,20-23,27H2,1-15H3/b17-16-,24-19-,30-18?/t29-,33+,34+,35+,39-,45-,46+,48+,56-/m0/s1. The Hall–Kier alpha value is -5.74. The second kappa shape index (κ2) is 20.4. The third-order valence-corrected chi connectivity index (χ3v) is 14.8. The van der Waals surface area contributed by atoms with Crippen LogP contribution in [0, 0.1) is 56.8 Å². The number of aliphatic hydroxyl groups excluding tert-OH is 2. The predicted molar refractivity (Wildman–Crippen MR) is 273 cm³/mol. The number of methoxy groups -OCH3 is 1. The molecule has 0 radical (unpaired) electrons. The van der Waals surface area contributed by atoms with E-state index in [2.05, 4.69) is 42.7 Å². The minimum atomic E-state index is -2.00. The molecule has 6 bridgehead atoms. The number of phenols is 1. The van der Waals surface area contributed by atoms with Gasteiger partial charge in [0.15, 0.2) is 5.58 Å². The van der Waals surface area contributed by atoms with Gasteiger partial charge >= 0.3 is 17.7 Å². The second-order valence-corrected chi connectivity index (χ2v) is 21.3. The second-order valence-electron chi connectivity index (χ2n) is 21.3. The number of nitrogens with zero attached hydrogens (tertiary/aromatic N) is 3. The number of aromatic hydroxyl groups is 1. The van der Waals surface area contributed by atoms with Gasteiger partial charge in [0.2, 0.25) is 5.89 Å². The molecule has 0 spiro atoms. The van der Waals surface area contributed by atoms with Gasteiger partial charge in [0.1, 0.15) is 34.6 Å². The van der Waals surface area contributed by atoms with Crippen LogP contribution in [0.25, 0.3) is 27.4 Å². The molecule has 9 atom stereocenters. The van der Waals surface area contributed by atoms with Gasteiger partial charge in [-0.3, -0.25) is 19.3 Å². The average molecular weight is 980 g/mol. The molecule has 15 nitrogen and oxygen atoms in total. The van der Waals surface area contributed by atoms with Crippen LogP contribution in [0.5, 0.6) is 17.2 Å². The van der Waals surface area contributed by atoms with Gasteiger partial charge in [-0.05, 0) is 78.2 Å². The van der Waals surface area contributed by atoms with Crippen LogP contribution in [0.3, 0.4) is 0 Å². The first-order chi connectivity index (χ1) is 33.3. The summed E-state index contributed by atoms with van der Waals surface area (Å²) in [7, 11) is 1.48. The first-order valence-electron chi connectivity index (χ1n) is 24.7. The topological polar surface area (TPSA) is 191 Å². The number of carbonyl (C=O) groups is 3. The highest BCUT2D eigenvalue weighted by atomic mass is 16.7. The Labute approximate surface area is 417 Å². The Balaban J connectivity index is 1.44. The Bertz CT molecular complexity index is 2790. The van der Waals surface area contributed by atoms with Crippen LogP contribution in [0.2, 0.25) is 0 Å². The van der Waals surface area contributed by atoms with Gasteiger partial charge < -0.3 is 48.3 Å². The van der Waals surface area contributed by atoms with E-state index >= 15 is 4.79 Å². The largest absolute Gasteiger partial charge is 0.505 e. The van der Waals surface area contributed by atoms with Crippen LogP contribution in [-0.4, -0.2) is 106 Å². The zero-order valence-electron chi connectivity index (χ0n) is 44.1. The van der Waals surface area contributed by atoms with E-state index < -0.39 is 77.0 Å². The van der Waals surface area contributed by atoms with E-state index in [-0.39, 0.29) is 45.1 Å². The molecule has 3 N–H and O–H groups in total. The lowest BCUT2D eigenvalue weighted by atomic mass is 9.78. The van der Waals surface area contributed by atoms with Crippen LogP contribution in [0.1, 0.15) is 113 Å². The lowest BCUT2D eigenvalue weighted by Crippen LogP contribution is -2.46. The molecule has 1 aromatic heterocycles. The maximum Gasteiger partial charge on any atom is 0.316 e. The summed E-state index contributed by atoms with van der Waals surface area (Å²) < 4.78 is 37.6. The van der Waals surface area contributed by atoms with Crippen LogP contribution in [-0.2, 0) is 30.3 Å². The smallest absolute Gasteiger partial charge is 0.316 e. The highest BCUT2D eigenvalue weighted by Crippen LogP contribution is 2.55. The Morgan fingerprint density at radius 2 is 1.56 bits per heavy atom. The fourth-order valence-corrected chi connectivity index (χ4v) is 10.4. The van der Waals surface area contributed by atoms with E-state index in [1.54, 1.807) is 59.8 Å². The fraction of sp³-hybridized carbons (Fsp3) is 0.536. The third-order valence-electron chi connectivity index (χ3n) is 14.8. The molecule has 71 heavy (non-hydrogen) atoms. The van der Waals surface area contributed by atoms with Crippen molar-refractivity contribution in [1.29, 1.82) is 0 Å². The van der Waals surface area contributed by atoms with Crippen molar-refractivity contribution in [1.82, 2.24) is 9.88 Å². The zero-order valence-corrected chi connectivity index (χ0v) is 44.1. The molecule has 15 heteroatoms. The van der Waals surface area contributed by atoms with Gasteiger partial charge in [0.25, 0.3) is 5.78 Å². The van der Waals surface area contributed by atoms with Crippen molar-refractivity contribution in [3.05, 3.63) is 82.0 Å². The molecule has 7 rings (SSSR count). The zero-order chi connectivity index (χ0) is 52.2. The molecule has 4 heterocycles. The number of fused-ring (bicyclic) bond motifs is 2. The minimum Gasteiger partial charge on any atom is -0.505 e. The lowest BCUT2D eigenvalue weighted by molar-refractivity contribution is -0.160. The number of carbonyl (C=O) groups excluding carboxylic acids is 3. The number of allylic oxidation sites excluding steroid dienone is 3. The summed E-state index contributed by atoms with van der Waals surface area (Å²) in [5.74, 6) is -6.04. The van der Waals surface area contributed by atoms with Gasteiger partial charge in [-0.2, -0.15) is 0 Å². The molecule has 384 valence electrons. The molecule has 3 aromatic carbocycles. The summed E-state index contributed by atoms with van der Waals surface area (Å²) in [4.78, 5) is 51.1. The number of hydrogen-bond acceptors (Lipinski definition) is 15. The number of aryl methyl sites for hydroxylation is 3. The molecular formula is C56H73N3O12. The summed E-state index contributed by atoms with van der Waals surface area (Å²) >= 11 is 0. The number of oxazole rings is 1. The molecule has 0 unspecified atom stereocenters. The van der Waals surface area contributed by atoms with Gasteiger partial charge in [-0.15, -0.1) is 0 Å². The number of Topliss-reactive ketones (excluding diaryl/α,β-unsaturated/α-hetero) is 1. The van der Waals surface area contributed by atoms with Gasteiger partial charge in [-0.25, -0.2) is 4.98 Å². The van der Waals surface area contributed by atoms with Gasteiger partial charge in [-0.1, -0.05) is 63.6 Å². The molecule has 3 aliphatic rings. The number of esters is 2. The number of benzene rings is 3. The maximum absolute atomic E-state index is 15.2. The first kappa shape index (κ1) is 53.1. The number of rotatable bonds is 6. The van der Waals surface area contributed by atoms with Crippen molar-refractivity contribution in [3.8, 4) is 17.2 Å². The Morgan fingerprint density at radius 1 is 0.915 bits per heavy atom. The van der Waals surface area contributed by atoms with E-state index in [9.17, 15) is 24.9 Å². The molecule has 4 aromatic rings. The van der Waals surface area contributed by atoms with Gasteiger partial charge in [0, 0.05) is 93.9 Å². The average Bonchev–Trinajstić information content (AvgIpc) is 3.86.